The number of aromatic nitrogens is 3. The second-order valence-corrected chi connectivity index (χ2v) is 12.1. The van der Waals surface area contributed by atoms with Gasteiger partial charge in [-0.15, -0.1) is 0 Å². The van der Waals surface area contributed by atoms with Crippen molar-refractivity contribution in [2.45, 2.75) is 63.3 Å². The number of imidazole rings is 1. The van der Waals surface area contributed by atoms with E-state index < -0.39 is 5.97 Å². The Balaban J connectivity index is 1.05. The quantitative estimate of drug-likeness (QED) is 0.231. The van der Waals surface area contributed by atoms with Gasteiger partial charge in [0.2, 0.25) is 0 Å². The molecule has 224 valence electrons. The predicted molar refractivity (Wildman–Crippen MR) is 160 cm³/mol. The van der Waals surface area contributed by atoms with Crippen LogP contribution in [0.4, 0.5) is 4.39 Å². The Morgan fingerprint density at radius 3 is 2.65 bits per heavy atom. The molecular formula is C33H34ClFN4O4. The molecule has 0 saturated carbocycles. The Hall–Kier alpha value is -3.53. The van der Waals surface area contributed by atoms with Crippen molar-refractivity contribution in [3.63, 3.8) is 0 Å². The molecule has 0 radical (unpaired) electrons. The average Bonchev–Trinajstić information content (AvgIpc) is 3.34. The monoisotopic (exact) mass is 604 g/mol. The fraction of sp³-hybridized carbons (Fsp3) is 0.424. The zero-order valence-corrected chi connectivity index (χ0v) is 24.9. The van der Waals surface area contributed by atoms with Crippen molar-refractivity contribution in [2.24, 2.45) is 0 Å². The van der Waals surface area contributed by atoms with E-state index in [-0.39, 0.29) is 23.7 Å². The van der Waals surface area contributed by atoms with Gasteiger partial charge in [0.15, 0.2) is 11.3 Å². The summed E-state index contributed by atoms with van der Waals surface area (Å²) in [5.41, 5.74) is 4.89. The van der Waals surface area contributed by atoms with Crippen LogP contribution >= 0.6 is 11.6 Å². The summed E-state index contributed by atoms with van der Waals surface area (Å²) in [5, 5.41) is 0.389. The molecule has 7 rings (SSSR count). The zero-order chi connectivity index (χ0) is 29.5. The molecule has 2 fully saturated rings. The largest absolute Gasteiger partial charge is 0.485 e. The van der Waals surface area contributed by atoms with Gasteiger partial charge in [0.1, 0.15) is 29.0 Å². The van der Waals surface area contributed by atoms with Gasteiger partial charge in [0.05, 0.1) is 26.3 Å². The number of nitrogens with zero attached hydrogens (tertiary/aromatic N) is 4. The number of carbonyl (C=O) groups is 1. The third-order valence-electron chi connectivity index (χ3n) is 9.04. The minimum absolute atomic E-state index is 0.132. The van der Waals surface area contributed by atoms with Crippen LogP contribution in [0.2, 0.25) is 5.02 Å². The first-order chi connectivity index (χ1) is 21.0. The first-order valence-corrected chi connectivity index (χ1v) is 15.4. The molecule has 4 aromatic rings. The normalized spacial score (nSPS) is 20.8. The highest BCUT2D eigenvalue weighted by atomic mass is 35.5. The highest BCUT2D eigenvalue weighted by molar-refractivity contribution is 6.30. The van der Waals surface area contributed by atoms with E-state index in [1.807, 2.05) is 12.1 Å². The number of fused-ring (bicyclic) bond motifs is 2. The number of rotatable bonds is 7. The summed E-state index contributed by atoms with van der Waals surface area (Å²) >= 11 is 5.96. The Morgan fingerprint density at radius 2 is 1.91 bits per heavy atom. The number of benzene rings is 2. The fourth-order valence-corrected chi connectivity index (χ4v) is 6.78. The van der Waals surface area contributed by atoms with Gasteiger partial charge in [-0.2, -0.15) is 0 Å². The molecule has 10 heteroatoms. The number of likely N-dealkylation sites (tertiary alicyclic amines) is 1. The first kappa shape index (κ1) is 28.3. The molecule has 8 nitrogen and oxygen atoms in total. The van der Waals surface area contributed by atoms with E-state index in [4.69, 9.17) is 30.8 Å². The topological polar surface area (TPSA) is 78.7 Å². The summed E-state index contributed by atoms with van der Waals surface area (Å²) in [4.78, 5) is 24.1. The average molecular weight is 605 g/mol. The maximum absolute atomic E-state index is 14.6. The van der Waals surface area contributed by atoms with E-state index in [0.29, 0.717) is 35.2 Å². The van der Waals surface area contributed by atoms with Crippen LogP contribution in [0.5, 0.6) is 5.75 Å². The number of piperidine rings is 1. The molecule has 0 spiro atoms. The van der Waals surface area contributed by atoms with Crippen molar-refractivity contribution in [3.05, 3.63) is 87.6 Å². The highest BCUT2D eigenvalue weighted by Crippen LogP contribution is 2.42. The van der Waals surface area contributed by atoms with Crippen molar-refractivity contribution in [3.8, 4) is 5.75 Å². The summed E-state index contributed by atoms with van der Waals surface area (Å²) < 4.78 is 33.7. The van der Waals surface area contributed by atoms with Gasteiger partial charge in [0.25, 0.3) is 0 Å². The van der Waals surface area contributed by atoms with Gasteiger partial charge in [-0.25, -0.2) is 19.2 Å². The zero-order valence-electron chi connectivity index (χ0n) is 24.1. The highest BCUT2D eigenvalue weighted by Gasteiger charge is 2.30. The van der Waals surface area contributed by atoms with Crippen LogP contribution in [-0.2, 0) is 29.0 Å². The Morgan fingerprint density at radius 1 is 1.07 bits per heavy atom. The van der Waals surface area contributed by atoms with E-state index in [9.17, 15) is 9.18 Å². The lowest BCUT2D eigenvalue weighted by molar-refractivity contribution is -0.0593. The lowest BCUT2D eigenvalue weighted by atomic mass is 9.83. The second kappa shape index (κ2) is 11.9. The molecule has 2 atom stereocenters. The molecule has 3 aliphatic rings. The van der Waals surface area contributed by atoms with Gasteiger partial charge in [-0.3, -0.25) is 4.90 Å². The molecule has 1 unspecified atom stereocenters. The summed E-state index contributed by atoms with van der Waals surface area (Å²) in [7, 11) is 1.36. The predicted octanol–water partition coefficient (Wildman–Crippen LogP) is 6.25. The lowest BCUT2D eigenvalue weighted by Crippen LogP contribution is -2.35. The van der Waals surface area contributed by atoms with E-state index in [1.54, 1.807) is 18.2 Å². The van der Waals surface area contributed by atoms with Gasteiger partial charge >= 0.3 is 5.97 Å². The first-order valence-electron chi connectivity index (χ1n) is 15.0. The second-order valence-electron chi connectivity index (χ2n) is 11.6. The number of halogens is 2. The Labute approximate surface area is 254 Å². The third kappa shape index (κ3) is 5.61. The smallest absolute Gasteiger partial charge is 0.356 e. The number of esters is 1. The van der Waals surface area contributed by atoms with Gasteiger partial charge < -0.3 is 18.8 Å². The summed E-state index contributed by atoms with van der Waals surface area (Å²) in [5.74, 6) is 1.45. The summed E-state index contributed by atoms with van der Waals surface area (Å²) in [6.45, 7) is 4.02. The SMILES string of the molecule is COC(=O)c1ccc2nc(CN3CCC(c4cccc5c4CCC(c4ccc(Cl)cc4F)O5)CC3)n(C[C@@H]3CCO3)c2n1. The number of carbonyl (C=O) groups excluding carboxylic acids is 1. The fourth-order valence-electron chi connectivity index (χ4n) is 6.63. The summed E-state index contributed by atoms with van der Waals surface area (Å²) in [6.07, 6.45) is 4.46. The molecular weight excluding hydrogens is 571 g/mol. The Bertz CT molecular complexity index is 1660. The lowest BCUT2D eigenvalue weighted by Gasteiger charge is -2.35. The molecule has 2 aromatic carbocycles. The number of ether oxygens (including phenoxy) is 3. The van der Waals surface area contributed by atoms with Crippen LogP contribution in [0.1, 0.15) is 70.7 Å². The minimum atomic E-state index is -0.459. The molecule has 3 aliphatic heterocycles. The van der Waals surface area contributed by atoms with E-state index in [1.165, 1.54) is 24.3 Å². The van der Waals surface area contributed by atoms with Gasteiger partial charge in [-0.05, 0) is 92.6 Å². The molecule has 2 aromatic heterocycles. The Kier molecular flexibility index (Phi) is 7.80. The number of hydrogen-bond acceptors (Lipinski definition) is 7. The number of methoxy groups -OCH3 is 1. The maximum atomic E-state index is 14.6. The van der Waals surface area contributed by atoms with Crippen LogP contribution in [0.15, 0.2) is 48.5 Å². The van der Waals surface area contributed by atoms with Crippen LogP contribution in [-0.4, -0.2) is 58.3 Å². The standard InChI is InChI=1S/C33H34ClFN4O4/c1-41-33(40)28-9-8-27-32(37-28)39(18-22-13-16-42-22)31(36-27)19-38-14-11-20(12-15-38)23-3-2-4-29-24(23)7-10-30(43-29)25-6-5-21(34)17-26(25)35/h2-6,8-9,17,20,22,30H,7,10-16,18-19H2,1H3/t22-,30?/m0/s1. The van der Waals surface area contributed by atoms with Crippen LogP contribution in [0, 0.1) is 5.82 Å². The molecule has 0 N–H and O–H groups in total. The maximum Gasteiger partial charge on any atom is 0.356 e. The van der Waals surface area contributed by atoms with Crippen molar-refractivity contribution >= 4 is 28.7 Å². The van der Waals surface area contributed by atoms with Crippen molar-refractivity contribution in [1.82, 2.24) is 19.4 Å². The van der Waals surface area contributed by atoms with E-state index in [2.05, 4.69) is 26.6 Å². The number of hydrogen-bond donors (Lipinski definition) is 0. The molecule has 5 heterocycles. The molecule has 0 amide bonds. The van der Waals surface area contributed by atoms with Crippen molar-refractivity contribution < 1.29 is 23.4 Å². The molecule has 43 heavy (non-hydrogen) atoms. The van der Waals surface area contributed by atoms with Crippen LogP contribution < -0.4 is 4.74 Å². The molecule has 2 saturated heterocycles. The van der Waals surface area contributed by atoms with Crippen LogP contribution in [0.3, 0.4) is 0 Å². The number of pyridine rings is 1. The summed E-state index contributed by atoms with van der Waals surface area (Å²) in [6, 6.07) is 14.6. The van der Waals surface area contributed by atoms with Crippen molar-refractivity contribution in [1.29, 1.82) is 0 Å². The van der Waals surface area contributed by atoms with Crippen LogP contribution in [0.25, 0.3) is 11.2 Å². The van der Waals surface area contributed by atoms with Gasteiger partial charge in [0, 0.05) is 17.2 Å². The van der Waals surface area contributed by atoms with E-state index in [0.717, 1.165) is 68.9 Å². The minimum Gasteiger partial charge on any atom is -0.485 e. The van der Waals surface area contributed by atoms with E-state index >= 15 is 0 Å². The van der Waals surface area contributed by atoms with Gasteiger partial charge in [-0.1, -0.05) is 29.8 Å². The third-order valence-corrected chi connectivity index (χ3v) is 9.28. The van der Waals surface area contributed by atoms with Crippen molar-refractivity contribution in [2.75, 3.05) is 26.8 Å². The molecule has 0 aliphatic carbocycles. The molecule has 0 bridgehead atoms.